The molecule has 114 valence electrons. The summed E-state index contributed by atoms with van der Waals surface area (Å²) >= 11 is 3.15. The molecule has 1 aliphatic heterocycles. The molecule has 0 saturated carbocycles. The van der Waals surface area contributed by atoms with Crippen molar-refractivity contribution in [2.75, 3.05) is 11.9 Å². The third-order valence-corrected chi connectivity index (χ3v) is 5.15. The summed E-state index contributed by atoms with van der Waals surface area (Å²) in [4.78, 5) is 17.9. The number of anilines is 1. The zero-order valence-corrected chi connectivity index (χ0v) is 14.1. The molecule has 3 rings (SSSR count). The Labute approximate surface area is 138 Å². The molecule has 0 aliphatic carbocycles. The Kier molecular flexibility index (Phi) is 5.75. The van der Waals surface area contributed by atoms with Gasteiger partial charge in [-0.15, -0.1) is 35.1 Å². The largest absolute Gasteiger partial charge is 0.314 e. The van der Waals surface area contributed by atoms with Crippen LogP contribution in [0, 0.1) is 5.92 Å². The monoisotopic (exact) mass is 343 g/mol. The molecular formula is C14H18ClN3OS2. The van der Waals surface area contributed by atoms with Crippen LogP contribution >= 0.6 is 35.1 Å². The van der Waals surface area contributed by atoms with E-state index in [2.05, 4.69) is 22.5 Å². The van der Waals surface area contributed by atoms with Gasteiger partial charge in [0, 0.05) is 17.3 Å². The van der Waals surface area contributed by atoms with Crippen LogP contribution in [-0.4, -0.2) is 23.5 Å². The van der Waals surface area contributed by atoms with Crippen molar-refractivity contribution in [3.63, 3.8) is 0 Å². The SMILES string of the molecule is C[C@H]1C[C@@H](C(=O)Nc2nc(-c3cccs3)cs2)CCN1.Cl. The molecule has 3 heterocycles. The van der Waals surface area contributed by atoms with Crippen LogP contribution in [0.2, 0.25) is 0 Å². The molecule has 0 bridgehead atoms. The van der Waals surface area contributed by atoms with Crippen LogP contribution in [0.4, 0.5) is 5.13 Å². The van der Waals surface area contributed by atoms with Crippen LogP contribution in [0.1, 0.15) is 19.8 Å². The first kappa shape index (κ1) is 16.4. The number of thiazole rings is 1. The third-order valence-electron chi connectivity index (χ3n) is 3.50. The van der Waals surface area contributed by atoms with Crippen molar-refractivity contribution in [1.82, 2.24) is 10.3 Å². The Bertz CT molecular complexity index is 585. The summed E-state index contributed by atoms with van der Waals surface area (Å²) < 4.78 is 0. The molecule has 2 N–H and O–H groups in total. The van der Waals surface area contributed by atoms with E-state index in [-0.39, 0.29) is 24.2 Å². The van der Waals surface area contributed by atoms with Gasteiger partial charge in [-0.2, -0.15) is 0 Å². The fraction of sp³-hybridized carbons (Fsp3) is 0.429. The number of amides is 1. The van der Waals surface area contributed by atoms with Gasteiger partial charge in [0.25, 0.3) is 0 Å². The zero-order chi connectivity index (χ0) is 13.9. The molecule has 1 aliphatic rings. The van der Waals surface area contributed by atoms with E-state index in [0.29, 0.717) is 11.2 Å². The molecular weight excluding hydrogens is 326 g/mol. The maximum atomic E-state index is 12.2. The van der Waals surface area contributed by atoms with E-state index in [0.717, 1.165) is 30.0 Å². The van der Waals surface area contributed by atoms with Crippen LogP contribution in [0.15, 0.2) is 22.9 Å². The number of nitrogens with one attached hydrogen (secondary N) is 2. The number of carbonyl (C=O) groups excluding carboxylic acids is 1. The number of hydrogen-bond donors (Lipinski definition) is 2. The molecule has 21 heavy (non-hydrogen) atoms. The zero-order valence-electron chi connectivity index (χ0n) is 11.7. The van der Waals surface area contributed by atoms with Gasteiger partial charge in [0.2, 0.25) is 5.91 Å². The highest BCUT2D eigenvalue weighted by Crippen LogP contribution is 2.29. The van der Waals surface area contributed by atoms with Crippen LogP contribution in [0.3, 0.4) is 0 Å². The quantitative estimate of drug-likeness (QED) is 0.895. The maximum Gasteiger partial charge on any atom is 0.229 e. The van der Waals surface area contributed by atoms with Crippen LogP contribution < -0.4 is 10.6 Å². The summed E-state index contributed by atoms with van der Waals surface area (Å²) in [7, 11) is 0. The number of rotatable bonds is 3. The number of carbonyl (C=O) groups is 1. The van der Waals surface area contributed by atoms with E-state index < -0.39 is 0 Å². The molecule has 1 fully saturated rings. The molecule has 4 nitrogen and oxygen atoms in total. The van der Waals surface area contributed by atoms with Gasteiger partial charge in [-0.05, 0) is 37.8 Å². The summed E-state index contributed by atoms with van der Waals surface area (Å²) in [5.41, 5.74) is 0.943. The third kappa shape index (κ3) is 4.03. The molecule has 0 spiro atoms. The average molecular weight is 344 g/mol. The Morgan fingerprint density at radius 3 is 3.05 bits per heavy atom. The average Bonchev–Trinajstić information content (AvgIpc) is 3.08. The number of aromatic nitrogens is 1. The number of piperidine rings is 1. The van der Waals surface area contributed by atoms with Crippen LogP contribution in [0.25, 0.3) is 10.6 Å². The van der Waals surface area contributed by atoms with E-state index in [4.69, 9.17) is 0 Å². The van der Waals surface area contributed by atoms with Crippen molar-refractivity contribution in [3.8, 4) is 10.6 Å². The molecule has 2 aromatic rings. The maximum absolute atomic E-state index is 12.2. The predicted octanol–water partition coefficient (Wildman–Crippen LogP) is 3.62. The van der Waals surface area contributed by atoms with Crippen molar-refractivity contribution in [2.24, 2.45) is 5.92 Å². The minimum Gasteiger partial charge on any atom is -0.314 e. The van der Waals surface area contributed by atoms with Crippen molar-refractivity contribution in [1.29, 1.82) is 0 Å². The highest BCUT2D eigenvalue weighted by atomic mass is 35.5. The van der Waals surface area contributed by atoms with Gasteiger partial charge in [-0.25, -0.2) is 4.98 Å². The Balaban J connectivity index is 0.00000161. The molecule has 0 aromatic carbocycles. The molecule has 0 radical (unpaired) electrons. The number of hydrogen-bond acceptors (Lipinski definition) is 5. The Hall–Kier alpha value is -0.950. The smallest absolute Gasteiger partial charge is 0.229 e. The standard InChI is InChI=1S/C14H17N3OS2.ClH/c1-9-7-10(4-5-15-9)13(18)17-14-16-11(8-20-14)12-3-2-6-19-12;/h2-3,6,8-10,15H,4-5,7H2,1H3,(H,16,17,18);1H/t9-,10-;/m0./s1. The van der Waals surface area contributed by atoms with Gasteiger partial charge >= 0.3 is 0 Å². The van der Waals surface area contributed by atoms with Gasteiger partial charge in [-0.3, -0.25) is 4.79 Å². The fourth-order valence-electron chi connectivity index (χ4n) is 2.45. The lowest BCUT2D eigenvalue weighted by Gasteiger charge is -2.26. The first-order valence-electron chi connectivity index (χ1n) is 6.76. The van der Waals surface area contributed by atoms with Gasteiger partial charge in [0.1, 0.15) is 0 Å². The lowest BCUT2D eigenvalue weighted by Crippen LogP contribution is -2.40. The van der Waals surface area contributed by atoms with Crippen LogP contribution in [0.5, 0.6) is 0 Å². The summed E-state index contributed by atoms with van der Waals surface area (Å²) in [5.74, 6) is 0.200. The molecule has 1 saturated heterocycles. The number of halogens is 1. The van der Waals surface area contributed by atoms with E-state index in [1.807, 2.05) is 22.9 Å². The van der Waals surface area contributed by atoms with Gasteiger partial charge in [0.15, 0.2) is 5.13 Å². The van der Waals surface area contributed by atoms with Crippen molar-refractivity contribution >= 4 is 46.1 Å². The first-order chi connectivity index (χ1) is 9.72. The summed E-state index contributed by atoms with van der Waals surface area (Å²) in [5, 5.41) is 11.0. The fourth-order valence-corrected chi connectivity index (χ4v) is 3.92. The van der Waals surface area contributed by atoms with Crippen molar-refractivity contribution in [2.45, 2.75) is 25.8 Å². The molecule has 2 aromatic heterocycles. The van der Waals surface area contributed by atoms with Gasteiger partial charge < -0.3 is 10.6 Å². The minimum absolute atomic E-state index is 0. The van der Waals surface area contributed by atoms with Crippen LogP contribution in [-0.2, 0) is 4.79 Å². The van der Waals surface area contributed by atoms with E-state index in [1.165, 1.54) is 11.3 Å². The highest BCUT2D eigenvalue weighted by molar-refractivity contribution is 7.16. The summed E-state index contributed by atoms with van der Waals surface area (Å²) in [6.45, 7) is 3.04. The lowest BCUT2D eigenvalue weighted by molar-refractivity contribution is -0.120. The summed E-state index contributed by atoms with van der Waals surface area (Å²) in [6, 6.07) is 4.46. The molecule has 1 amide bonds. The minimum atomic E-state index is 0. The molecule has 0 unspecified atom stereocenters. The lowest BCUT2D eigenvalue weighted by atomic mass is 9.93. The van der Waals surface area contributed by atoms with E-state index >= 15 is 0 Å². The Morgan fingerprint density at radius 1 is 1.48 bits per heavy atom. The first-order valence-corrected chi connectivity index (χ1v) is 8.52. The number of thiophene rings is 1. The van der Waals surface area contributed by atoms with Gasteiger partial charge in [0.05, 0.1) is 10.6 Å². The number of nitrogens with zero attached hydrogens (tertiary/aromatic N) is 1. The topological polar surface area (TPSA) is 54.0 Å². The van der Waals surface area contributed by atoms with E-state index in [9.17, 15) is 4.79 Å². The second-order valence-corrected chi connectivity index (χ2v) is 6.89. The van der Waals surface area contributed by atoms with Crippen molar-refractivity contribution < 1.29 is 4.79 Å². The molecule has 7 heteroatoms. The predicted molar refractivity (Wildman–Crippen MR) is 91.5 cm³/mol. The second kappa shape index (κ2) is 7.35. The highest BCUT2D eigenvalue weighted by Gasteiger charge is 2.25. The summed E-state index contributed by atoms with van der Waals surface area (Å²) in [6.07, 6.45) is 1.80. The van der Waals surface area contributed by atoms with E-state index in [1.54, 1.807) is 11.3 Å². The Morgan fingerprint density at radius 2 is 2.33 bits per heavy atom. The van der Waals surface area contributed by atoms with Gasteiger partial charge in [-0.1, -0.05) is 6.07 Å². The van der Waals surface area contributed by atoms with Crippen molar-refractivity contribution in [3.05, 3.63) is 22.9 Å². The normalized spacial score (nSPS) is 21.6. The second-order valence-electron chi connectivity index (χ2n) is 5.08. The molecule has 2 atom stereocenters.